The monoisotopic (exact) mass is 432 g/mol. The number of rotatable bonds is 3. The molecule has 2 aliphatic heterocycles. The van der Waals surface area contributed by atoms with E-state index in [4.69, 9.17) is 26.1 Å². The minimum Gasteiger partial charge on any atom is -0.457 e. The zero-order chi connectivity index (χ0) is 20.7. The first kappa shape index (κ1) is 18.5. The first-order chi connectivity index (χ1) is 14.6. The second kappa shape index (κ2) is 7.37. The highest BCUT2D eigenvalue weighted by Gasteiger charge is 2.34. The normalized spacial score (nSPS) is 16.4. The van der Waals surface area contributed by atoms with Crippen molar-refractivity contribution >= 4 is 46.0 Å². The van der Waals surface area contributed by atoms with Gasteiger partial charge in [-0.2, -0.15) is 5.26 Å². The molecule has 0 spiro atoms. The molecule has 0 unspecified atom stereocenters. The fourth-order valence-corrected chi connectivity index (χ4v) is 4.49. The molecule has 0 saturated carbocycles. The number of anilines is 1. The van der Waals surface area contributed by atoms with Crippen molar-refractivity contribution in [1.29, 1.82) is 5.26 Å². The topological polar surface area (TPSA) is 75.7 Å². The van der Waals surface area contributed by atoms with E-state index in [1.54, 1.807) is 48.5 Å². The maximum Gasteiger partial charge on any atom is 0.270 e. The van der Waals surface area contributed by atoms with Crippen molar-refractivity contribution in [2.75, 3.05) is 11.7 Å². The molecule has 0 radical (unpaired) electrons. The van der Waals surface area contributed by atoms with Gasteiger partial charge in [-0.1, -0.05) is 36.1 Å². The number of fused-ring (bicyclic) bond motifs is 1. The summed E-state index contributed by atoms with van der Waals surface area (Å²) in [7, 11) is 0. The number of carbonyl (C=O) groups excluding carboxylic acids is 1. The van der Waals surface area contributed by atoms with Crippen LogP contribution in [0.2, 0.25) is 0 Å². The summed E-state index contributed by atoms with van der Waals surface area (Å²) in [6.45, 7) is 0.160. The van der Waals surface area contributed by atoms with Crippen LogP contribution in [-0.2, 0) is 4.79 Å². The fraction of sp³-hybridized carbons (Fsp3) is 0.0455. The molecule has 0 bridgehead atoms. The Balaban J connectivity index is 1.43. The van der Waals surface area contributed by atoms with Crippen molar-refractivity contribution in [3.63, 3.8) is 0 Å². The van der Waals surface area contributed by atoms with Crippen molar-refractivity contribution in [2.24, 2.45) is 0 Å². The van der Waals surface area contributed by atoms with Crippen LogP contribution >= 0.6 is 24.0 Å². The van der Waals surface area contributed by atoms with Gasteiger partial charge < -0.3 is 13.9 Å². The second-order valence-electron chi connectivity index (χ2n) is 6.41. The summed E-state index contributed by atoms with van der Waals surface area (Å²) >= 11 is 6.63. The number of amides is 1. The maximum absolute atomic E-state index is 13.0. The number of hydrogen-bond acceptors (Lipinski definition) is 7. The summed E-state index contributed by atoms with van der Waals surface area (Å²) in [4.78, 5) is 14.9. The third-order valence-electron chi connectivity index (χ3n) is 4.62. The smallest absolute Gasteiger partial charge is 0.270 e. The quantitative estimate of drug-likeness (QED) is 0.428. The van der Waals surface area contributed by atoms with Crippen LogP contribution in [-0.4, -0.2) is 17.0 Å². The Morgan fingerprint density at radius 2 is 1.93 bits per heavy atom. The average molecular weight is 432 g/mol. The Hall–Kier alpha value is -3.54. The van der Waals surface area contributed by atoms with Crippen molar-refractivity contribution in [3.8, 4) is 28.9 Å². The highest BCUT2D eigenvalue weighted by atomic mass is 32.2. The highest BCUT2D eigenvalue weighted by molar-refractivity contribution is 8.27. The molecule has 1 fully saturated rings. The SMILES string of the molecule is N#Cc1ccccc1-c1ccc(/C=C2/SC(=S)N(c3ccc4c(c3)OCO4)C2=O)o1. The van der Waals surface area contributed by atoms with Crippen LogP contribution in [0.4, 0.5) is 5.69 Å². The number of ether oxygens (including phenoxy) is 2. The van der Waals surface area contributed by atoms with Gasteiger partial charge in [-0.3, -0.25) is 9.69 Å². The summed E-state index contributed by atoms with van der Waals surface area (Å²) in [5.74, 6) is 2.05. The van der Waals surface area contributed by atoms with Crippen LogP contribution in [0, 0.1) is 11.3 Å². The van der Waals surface area contributed by atoms with E-state index in [9.17, 15) is 10.1 Å². The van der Waals surface area contributed by atoms with Crippen molar-refractivity contribution in [3.05, 3.63) is 70.8 Å². The lowest BCUT2D eigenvalue weighted by Gasteiger charge is -2.14. The Kier molecular flexibility index (Phi) is 4.54. The lowest BCUT2D eigenvalue weighted by molar-refractivity contribution is -0.113. The number of benzene rings is 2. The van der Waals surface area contributed by atoms with E-state index in [-0.39, 0.29) is 12.7 Å². The van der Waals surface area contributed by atoms with Gasteiger partial charge in [0.2, 0.25) is 6.79 Å². The molecule has 6 nitrogen and oxygen atoms in total. The third-order valence-corrected chi connectivity index (χ3v) is 5.92. The molecule has 3 aromatic rings. The first-order valence-electron chi connectivity index (χ1n) is 8.91. The molecule has 146 valence electrons. The molecule has 30 heavy (non-hydrogen) atoms. The molecule has 1 amide bonds. The molecule has 3 heterocycles. The molecular formula is C22H12N2O4S2. The molecule has 0 N–H and O–H groups in total. The van der Waals surface area contributed by atoms with Crippen LogP contribution in [0.1, 0.15) is 11.3 Å². The van der Waals surface area contributed by atoms with Crippen molar-refractivity contribution < 1.29 is 18.7 Å². The van der Waals surface area contributed by atoms with Gasteiger partial charge in [0.05, 0.1) is 22.2 Å². The zero-order valence-corrected chi connectivity index (χ0v) is 17.0. The first-order valence-corrected chi connectivity index (χ1v) is 10.1. The third kappa shape index (κ3) is 3.14. The predicted molar refractivity (Wildman–Crippen MR) is 117 cm³/mol. The van der Waals surface area contributed by atoms with Crippen molar-refractivity contribution in [2.45, 2.75) is 0 Å². The molecule has 2 aliphatic rings. The summed E-state index contributed by atoms with van der Waals surface area (Å²) in [6.07, 6.45) is 1.66. The lowest BCUT2D eigenvalue weighted by Crippen LogP contribution is -2.27. The van der Waals surface area contributed by atoms with Gasteiger partial charge >= 0.3 is 0 Å². The molecule has 0 atom stereocenters. The van der Waals surface area contributed by atoms with E-state index in [2.05, 4.69) is 6.07 Å². The fourth-order valence-electron chi connectivity index (χ4n) is 3.21. The van der Waals surface area contributed by atoms with Crippen LogP contribution < -0.4 is 14.4 Å². The van der Waals surface area contributed by atoms with Gasteiger partial charge in [0.1, 0.15) is 11.5 Å². The largest absolute Gasteiger partial charge is 0.457 e. The number of nitriles is 1. The van der Waals surface area contributed by atoms with Gasteiger partial charge in [0, 0.05) is 17.7 Å². The molecule has 1 saturated heterocycles. The van der Waals surface area contributed by atoms with E-state index in [0.717, 1.165) is 0 Å². The summed E-state index contributed by atoms with van der Waals surface area (Å²) in [6, 6.07) is 18.1. The molecular weight excluding hydrogens is 420 g/mol. The Morgan fingerprint density at radius 1 is 1.10 bits per heavy atom. The number of furan rings is 1. The number of carbonyl (C=O) groups is 1. The van der Waals surface area contributed by atoms with Gasteiger partial charge in [0.25, 0.3) is 5.91 Å². The molecule has 1 aromatic heterocycles. The summed E-state index contributed by atoms with van der Waals surface area (Å²) in [5, 5.41) is 9.29. The molecule has 8 heteroatoms. The maximum atomic E-state index is 13.0. The van der Waals surface area contributed by atoms with Crippen LogP contribution in [0.15, 0.2) is 63.9 Å². The Labute approximate surface area is 181 Å². The van der Waals surface area contributed by atoms with E-state index in [1.807, 2.05) is 12.1 Å². The minimum absolute atomic E-state index is 0.160. The molecule has 0 aliphatic carbocycles. The van der Waals surface area contributed by atoms with E-state index < -0.39 is 0 Å². The molecule has 2 aromatic carbocycles. The van der Waals surface area contributed by atoms with Crippen LogP contribution in [0.25, 0.3) is 17.4 Å². The van der Waals surface area contributed by atoms with Crippen LogP contribution in [0.3, 0.4) is 0 Å². The zero-order valence-electron chi connectivity index (χ0n) is 15.3. The summed E-state index contributed by atoms with van der Waals surface area (Å²) in [5.41, 5.74) is 1.84. The number of thiocarbonyl (C=S) groups is 1. The number of nitrogens with zero attached hydrogens (tertiary/aromatic N) is 2. The van der Waals surface area contributed by atoms with Gasteiger partial charge in [-0.15, -0.1) is 0 Å². The van der Waals surface area contributed by atoms with E-state index in [0.29, 0.717) is 49.1 Å². The predicted octanol–water partition coefficient (Wildman–Crippen LogP) is 4.95. The minimum atomic E-state index is -0.237. The van der Waals surface area contributed by atoms with E-state index >= 15 is 0 Å². The van der Waals surface area contributed by atoms with Crippen molar-refractivity contribution in [1.82, 2.24) is 0 Å². The molecule has 5 rings (SSSR count). The summed E-state index contributed by atoms with van der Waals surface area (Å²) < 4.78 is 17.0. The lowest BCUT2D eigenvalue weighted by atomic mass is 10.1. The van der Waals surface area contributed by atoms with Gasteiger partial charge in [-0.25, -0.2) is 0 Å². The number of thioether (sulfide) groups is 1. The highest BCUT2D eigenvalue weighted by Crippen LogP contribution is 2.41. The Morgan fingerprint density at radius 3 is 2.80 bits per heavy atom. The van der Waals surface area contributed by atoms with Gasteiger partial charge in [0.15, 0.2) is 15.8 Å². The number of hydrogen-bond donors (Lipinski definition) is 0. The van der Waals surface area contributed by atoms with Crippen LogP contribution in [0.5, 0.6) is 11.5 Å². The standard InChI is InChI=1S/C22H12N2O4S2/c23-11-13-3-1-2-4-16(13)17-8-6-15(28-17)10-20-21(25)24(22(29)30-20)14-5-7-18-19(9-14)27-12-26-18/h1-10H,12H2/b20-10+. The van der Waals surface area contributed by atoms with Gasteiger partial charge in [-0.05, 0) is 36.4 Å². The average Bonchev–Trinajstić information content (AvgIpc) is 3.47. The second-order valence-corrected chi connectivity index (χ2v) is 8.09. The Bertz CT molecular complexity index is 1270. The van der Waals surface area contributed by atoms with E-state index in [1.165, 1.54) is 16.7 Å².